The molecule has 0 spiro atoms. The number of rotatable bonds is 8. The third-order valence-electron chi connectivity index (χ3n) is 6.85. The average Bonchev–Trinajstić information content (AvgIpc) is 3.25. The molecule has 7 heteroatoms. The molecule has 0 fully saturated rings. The second-order valence-corrected chi connectivity index (χ2v) is 11.1. The highest BCUT2D eigenvalue weighted by molar-refractivity contribution is 9.10. The highest BCUT2D eigenvalue weighted by Gasteiger charge is 2.42. The van der Waals surface area contributed by atoms with E-state index in [0.29, 0.717) is 25.9 Å². The Balaban J connectivity index is 1.62. The summed E-state index contributed by atoms with van der Waals surface area (Å²) in [5.41, 5.74) is 0.823. The van der Waals surface area contributed by atoms with E-state index in [1.54, 1.807) is 11.3 Å². The molecule has 4 rings (SSSR count). The Morgan fingerprint density at radius 2 is 2.06 bits per heavy atom. The van der Waals surface area contributed by atoms with Crippen molar-refractivity contribution < 1.29 is 13.9 Å². The zero-order valence-electron chi connectivity index (χ0n) is 19.4. The van der Waals surface area contributed by atoms with Crippen LogP contribution in [-0.4, -0.2) is 27.6 Å². The summed E-state index contributed by atoms with van der Waals surface area (Å²) in [5, 5.41) is 12.9. The summed E-state index contributed by atoms with van der Waals surface area (Å²) < 4.78 is 29.5. The highest BCUT2D eigenvalue weighted by Crippen LogP contribution is 2.39. The van der Waals surface area contributed by atoms with Crippen molar-refractivity contribution in [3.05, 3.63) is 87.4 Å². The minimum absolute atomic E-state index is 0.141. The Bertz CT molecular complexity index is 1180. The summed E-state index contributed by atoms with van der Waals surface area (Å²) in [5.74, 6) is -1.19. The van der Waals surface area contributed by atoms with Crippen molar-refractivity contribution >= 4 is 27.3 Å². The van der Waals surface area contributed by atoms with Crippen LogP contribution in [0.4, 0.5) is 8.78 Å². The fourth-order valence-corrected chi connectivity index (χ4v) is 6.10. The van der Waals surface area contributed by atoms with Gasteiger partial charge in [-0.05, 0) is 43.9 Å². The summed E-state index contributed by atoms with van der Waals surface area (Å²) in [6, 6.07) is 11.2. The summed E-state index contributed by atoms with van der Waals surface area (Å²) in [4.78, 5) is 8.22. The molecule has 0 saturated carbocycles. The smallest absolute Gasteiger partial charge is 0.132 e. The first kappa shape index (κ1) is 25.2. The van der Waals surface area contributed by atoms with E-state index in [-0.39, 0.29) is 17.5 Å². The average molecular weight is 548 g/mol. The van der Waals surface area contributed by atoms with Crippen LogP contribution in [0.25, 0.3) is 10.6 Å². The van der Waals surface area contributed by atoms with Crippen LogP contribution in [0.3, 0.4) is 0 Å². The van der Waals surface area contributed by atoms with Gasteiger partial charge in [-0.15, -0.1) is 17.9 Å². The third-order valence-corrected chi connectivity index (χ3v) is 8.48. The monoisotopic (exact) mass is 546 g/mol. The molecular weight excluding hydrogens is 518 g/mol. The van der Waals surface area contributed by atoms with Gasteiger partial charge in [0.25, 0.3) is 0 Å². The van der Waals surface area contributed by atoms with Gasteiger partial charge in [-0.3, -0.25) is 4.90 Å². The lowest BCUT2D eigenvalue weighted by Gasteiger charge is -2.43. The molecule has 2 aromatic carbocycles. The van der Waals surface area contributed by atoms with E-state index in [2.05, 4.69) is 33.5 Å². The minimum atomic E-state index is -1.47. The molecule has 3 aromatic rings. The molecule has 0 radical (unpaired) electrons. The Kier molecular flexibility index (Phi) is 7.67. The van der Waals surface area contributed by atoms with Gasteiger partial charge in [0.05, 0.1) is 5.69 Å². The number of aromatic nitrogens is 1. The zero-order chi connectivity index (χ0) is 24.5. The van der Waals surface area contributed by atoms with Crippen LogP contribution in [0.1, 0.15) is 42.8 Å². The van der Waals surface area contributed by atoms with Crippen molar-refractivity contribution in [1.29, 1.82) is 0 Å². The molecule has 0 bridgehead atoms. The lowest BCUT2D eigenvalue weighted by Crippen LogP contribution is -2.51. The molecule has 3 unspecified atom stereocenters. The van der Waals surface area contributed by atoms with Crippen LogP contribution < -0.4 is 0 Å². The lowest BCUT2D eigenvalue weighted by atomic mass is 9.80. The molecule has 3 nitrogen and oxygen atoms in total. The van der Waals surface area contributed by atoms with Crippen LogP contribution in [0.5, 0.6) is 0 Å². The van der Waals surface area contributed by atoms with E-state index in [0.717, 1.165) is 38.1 Å². The molecule has 0 aliphatic carbocycles. The molecule has 3 atom stereocenters. The van der Waals surface area contributed by atoms with Gasteiger partial charge in [0, 0.05) is 52.1 Å². The van der Waals surface area contributed by atoms with E-state index in [1.165, 1.54) is 12.1 Å². The molecule has 1 aromatic heterocycles. The second-order valence-electron chi connectivity index (χ2n) is 9.10. The summed E-state index contributed by atoms with van der Waals surface area (Å²) in [6.45, 7) is 9.12. The fourth-order valence-electron chi connectivity index (χ4n) is 4.57. The first-order valence-corrected chi connectivity index (χ1v) is 13.1. The molecule has 0 saturated heterocycles. The van der Waals surface area contributed by atoms with Gasteiger partial charge in [-0.2, -0.15) is 0 Å². The summed E-state index contributed by atoms with van der Waals surface area (Å²) >= 11 is 5.18. The van der Waals surface area contributed by atoms with Crippen molar-refractivity contribution in [2.24, 2.45) is 5.92 Å². The van der Waals surface area contributed by atoms with Crippen molar-refractivity contribution in [3.63, 3.8) is 0 Å². The topological polar surface area (TPSA) is 36.4 Å². The number of thiazole rings is 1. The van der Waals surface area contributed by atoms with Crippen LogP contribution >= 0.6 is 27.3 Å². The van der Waals surface area contributed by atoms with Crippen molar-refractivity contribution in [2.45, 2.75) is 51.3 Å². The van der Waals surface area contributed by atoms with Crippen LogP contribution in [-0.2, 0) is 18.6 Å². The Morgan fingerprint density at radius 3 is 2.76 bits per heavy atom. The predicted octanol–water partition coefficient (Wildman–Crippen LogP) is 7.09. The molecule has 0 amide bonds. The highest BCUT2D eigenvalue weighted by atomic mass is 79.9. The Labute approximate surface area is 212 Å². The van der Waals surface area contributed by atoms with Gasteiger partial charge >= 0.3 is 0 Å². The number of benzene rings is 2. The van der Waals surface area contributed by atoms with Gasteiger partial charge in [-0.1, -0.05) is 47.1 Å². The standard InChI is InChI=1S/C27H29BrF2N2OS/c1-4-17(2)10-12-27(33,22-9-8-21(29)15-23(22)30)18(3)32-13-11-24-25(16-32)34-26(31-24)19-6-5-7-20(28)14-19/h4-9,14-15,17-18,33H,1,10-13,16H2,2-3H3. The number of fused-ring (bicyclic) bond motifs is 1. The van der Waals surface area contributed by atoms with Gasteiger partial charge in [0.1, 0.15) is 22.2 Å². The lowest BCUT2D eigenvalue weighted by molar-refractivity contribution is -0.0618. The predicted molar refractivity (Wildman–Crippen MR) is 138 cm³/mol. The molecule has 1 aliphatic rings. The van der Waals surface area contributed by atoms with E-state index in [1.807, 2.05) is 38.1 Å². The van der Waals surface area contributed by atoms with Crippen molar-refractivity contribution in [2.75, 3.05) is 6.54 Å². The van der Waals surface area contributed by atoms with Gasteiger partial charge in [0.15, 0.2) is 0 Å². The number of hydrogen-bond donors (Lipinski definition) is 1. The Hall–Kier alpha value is -1.93. The van der Waals surface area contributed by atoms with Crippen LogP contribution in [0, 0.1) is 17.6 Å². The number of allylic oxidation sites excluding steroid dienone is 1. The quantitative estimate of drug-likeness (QED) is 0.306. The van der Waals surface area contributed by atoms with Crippen LogP contribution in [0.2, 0.25) is 0 Å². The SMILES string of the molecule is C=CC(C)CCC(O)(c1ccc(F)cc1F)C(C)N1CCc2nc(-c3cccc(Br)c3)sc2C1. The van der Waals surface area contributed by atoms with Crippen molar-refractivity contribution in [3.8, 4) is 10.6 Å². The number of hydrogen-bond acceptors (Lipinski definition) is 4. The molecule has 34 heavy (non-hydrogen) atoms. The first-order chi connectivity index (χ1) is 16.2. The Morgan fingerprint density at radius 1 is 1.26 bits per heavy atom. The number of nitrogens with zero attached hydrogens (tertiary/aromatic N) is 2. The molecule has 2 heterocycles. The van der Waals surface area contributed by atoms with E-state index in [4.69, 9.17) is 4.98 Å². The molecule has 1 aliphatic heterocycles. The summed E-state index contributed by atoms with van der Waals surface area (Å²) in [7, 11) is 0. The number of halogens is 3. The zero-order valence-corrected chi connectivity index (χ0v) is 21.8. The van der Waals surface area contributed by atoms with Crippen molar-refractivity contribution in [1.82, 2.24) is 9.88 Å². The van der Waals surface area contributed by atoms with E-state index in [9.17, 15) is 13.9 Å². The number of aliphatic hydroxyl groups is 1. The van der Waals surface area contributed by atoms with Gasteiger partial charge in [0.2, 0.25) is 0 Å². The third kappa shape index (κ3) is 5.18. The van der Waals surface area contributed by atoms with Gasteiger partial charge < -0.3 is 5.11 Å². The maximum atomic E-state index is 14.9. The largest absolute Gasteiger partial charge is 0.383 e. The van der Waals surface area contributed by atoms with Crippen LogP contribution in [0.15, 0.2) is 59.6 Å². The fraction of sp³-hybridized carbons (Fsp3) is 0.370. The summed E-state index contributed by atoms with van der Waals surface area (Å²) in [6.07, 6.45) is 3.59. The molecule has 180 valence electrons. The van der Waals surface area contributed by atoms with E-state index >= 15 is 0 Å². The van der Waals surface area contributed by atoms with Gasteiger partial charge in [-0.25, -0.2) is 13.8 Å². The maximum Gasteiger partial charge on any atom is 0.132 e. The normalized spacial score (nSPS) is 17.6. The molecule has 1 N–H and O–H groups in total. The van der Waals surface area contributed by atoms with E-state index < -0.39 is 17.2 Å². The maximum absolute atomic E-state index is 14.9. The first-order valence-electron chi connectivity index (χ1n) is 11.5. The molecular formula is C27H29BrF2N2OS. The second kappa shape index (κ2) is 10.4. The minimum Gasteiger partial charge on any atom is -0.383 e.